The van der Waals surface area contributed by atoms with Crippen LogP contribution in [0.3, 0.4) is 0 Å². The highest BCUT2D eigenvalue weighted by Crippen LogP contribution is 2.47. The fourth-order valence-corrected chi connectivity index (χ4v) is 3.41. The third-order valence-corrected chi connectivity index (χ3v) is 5.24. The van der Waals surface area contributed by atoms with Crippen LogP contribution in [0.5, 0.6) is 0 Å². The highest BCUT2D eigenvalue weighted by molar-refractivity contribution is 6.09. The number of pyridine rings is 2. The number of fused-ring (bicyclic) bond motifs is 1. The third kappa shape index (κ3) is 2.82. The molecule has 25 heavy (non-hydrogen) atoms. The first-order valence-corrected chi connectivity index (χ1v) is 8.81. The van der Waals surface area contributed by atoms with E-state index in [9.17, 15) is 4.79 Å². The number of aromatic nitrogens is 2. The molecule has 2 aliphatic rings. The van der Waals surface area contributed by atoms with E-state index in [1.807, 2.05) is 45.3 Å². The van der Waals surface area contributed by atoms with Crippen molar-refractivity contribution >= 4 is 11.7 Å². The molecule has 0 unspecified atom stereocenters. The van der Waals surface area contributed by atoms with Gasteiger partial charge in [0.05, 0.1) is 12.2 Å². The molecule has 3 heterocycles. The van der Waals surface area contributed by atoms with Gasteiger partial charge in [-0.3, -0.25) is 14.7 Å². The molecule has 0 saturated heterocycles. The van der Waals surface area contributed by atoms with Gasteiger partial charge in [0.2, 0.25) is 0 Å². The van der Waals surface area contributed by atoms with Crippen molar-refractivity contribution < 1.29 is 4.79 Å². The average Bonchev–Trinajstić information content (AvgIpc) is 3.22. The lowest BCUT2D eigenvalue weighted by Crippen LogP contribution is -2.24. The maximum atomic E-state index is 13.1. The third-order valence-electron chi connectivity index (χ3n) is 5.24. The minimum absolute atomic E-state index is 0.0426. The summed E-state index contributed by atoms with van der Waals surface area (Å²) in [4.78, 5) is 26.5. The molecule has 1 aliphatic heterocycles. The van der Waals surface area contributed by atoms with Crippen LogP contribution in [-0.2, 0) is 18.5 Å². The van der Waals surface area contributed by atoms with Gasteiger partial charge in [-0.1, -0.05) is 13.0 Å². The molecule has 0 atom stereocenters. The molecule has 0 spiro atoms. The van der Waals surface area contributed by atoms with Gasteiger partial charge in [0.15, 0.2) is 0 Å². The molecular formula is C20H24N4O. The SMILES string of the molecule is Cc1cccc(N2Cc3c(cc(C4(C)CC4)nc3CN(C)C)C2=O)n1. The van der Waals surface area contributed by atoms with E-state index in [1.165, 1.54) is 0 Å². The molecule has 4 rings (SSSR count). The van der Waals surface area contributed by atoms with Crippen molar-refractivity contribution in [3.05, 3.63) is 52.5 Å². The topological polar surface area (TPSA) is 49.3 Å². The van der Waals surface area contributed by atoms with Crippen LogP contribution in [0.2, 0.25) is 0 Å². The molecule has 0 bridgehead atoms. The Bertz CT molecular complexity index is 855. The van der Waals surface area contributed by atoms with E-state index in [4.69, 9.17) is 4.98 Å². The minimum Gasteiger partial charge on any atom is -0.304 e. The lowest BCUT2D eigenvalue weighted by atomic mass is 9.99. The second kappa shape index (κ2) is 5.63. The monoisotopic (exact) mass is 336 g/mol. The summed E-state index contributed by atoms with van der Waals surface area (Å²) < 4.78 is 0. The van der Waals surface area contributed by atoms with Gasteiger partial charge in [-0.05, 0) is 52.1 Å². The van der Waals surface area contributed by atoms with E-state index < -0.39 is 0 Å². The highest BCUT2D eigenvalue weighted by atomic mass is 16.2. The Morgan fingerprint density at radius 3 is 2.64 bits per heavy atom. The largest absolute Gasteiger partial charge is 0.304 e. The van der Waals surface area contributed by atoms with Gasteiger partial charge >= 0.3 is 0 Å². The first-order valence-electron chi connectivity index (χ1n) is 8.81. The zero-order valence-corrected chi connectivity index (χ0v) is 15.3. The van der Waals surface area contributed by atoms with Crippen molar-refractivity contribution in [1.82, 2.24) is 14.9 Å². The Balaban J connectivity index is 1.78. The van der Waals surface area contributed by atoms with Crippen LogP contribution >= 0.6 is 0 Å². The molecule has 1 fully saturated rings. The summed E-state index contributed by atoms with van der Waals surface area (Å²) in [5, 5.41) is 0. The van der Waals surface area contributed by atoms with Crippen LogP contribution < -0.4 is 4.90 Å². The number of amides is 1. The lowest BCUT2D eigenvalue weighted by Gasteiger charge is -2.16. The van der Waals surface area contributed by atoms with E-state index in [0.717, 1.165) is 53.4 Å². The van der Waals surface area contributed by atoms with Crippen molar-refractivity contribution in [3.63, 3.8) is 0 Å². The van der Waals surface area contributed by atoms with Crippen molar-refractivity contribution in [3.8, 4) is 0 Å². The van der Waals surface area contributed by atoms with Gasteiger partial charge in [-0.15, -0.1) is 0 Å². The quantitative estimate of drug-likeness (QED) is 0.861. The lowest BCUT2D eigenvalue weighted by molar-refractivity contribution is 0.0995. The molecule has 1 amide bonds. The first-order chi connectivity index (χ1) is 11.9. The summed E-state index contributed by atoms with van der Waals surface area (Å²) in [6.45, 7) is 5.48. The van der Waals surface area contributed by atoms with Crippen molar-refractivity contribution in [1.29, 1.82) is 0 Å². The average molecular weight is 336 g/mol. The Morgan fingerprint density at radius 1 is 1.24 bits per heavy atom. The number of hydrogen-bond acceptors (Lipinski definition) is 4. The second-order valence-electron chi connectivity index (χ2n) is 7.81. The predicted molar refractivity (Wildman–Crippen MR) is 97.7 cm³/mol. The molecule has 2 aromatic rings. The zero-order chi connectivity index (χ0) is 17.8. The fraction of sp³-hybridized carbons (Fsp3) is 0.450. The van der Waals surface area contributed by atoms with Crippen LogP contribution in [0.25, 0.3) is 0 Å². The highest BCUT2D eigenvalue weighted by Gasteiger charge is 2.43. The maximum absolute atomic E-state index is 13.1. The summed E-state index contributed by atoms with van der Waals surface area (Å²) in [6.07, 6.45) is 2.30. The second-order valence-corrected chi connectivity index (χ2v) is 7.81. The number of rotatable bonds is 4. The molecule has 1 aliphatic carbocycles. The number of aryl methyl sites for hydroxylation is 1. The molecular weight excluding hydrogens is 312 g/mol. The van der Waals surface area contributed by atoms with Gasteiger partial charge in [-0.2, -0.15) is 0 Å². The van der Waals surface area contributed by atoms with E-state index in [0.29, 0.717) is 6.54 Å². The molecule has 5 nitrogen and oxygen atoms in total. The van der Waals surface area contributed by atoms with Crippen molar-refractivity contribution in [2.45, 2.75) is 45.2 Å². The number of anilines is 1. The van der Waals surface area contributed by atoms with Gasteiger partial charge in [0.25, 0.3) is 5.91 Å². The van der Waals surface area contributed by atoms with Crippen molar-refractivity contribution in [2.24, 2.45) is 0 Å². The molecule has 130 valence electrons. The maximum Gasteiger partial charge on any atom is 0.260 e. The van der Waals surface area contributed by atoms with Gasteiger partial charge in [-0.25, -0.2) is 4.98 Å². The summed E-state index contributed by atoms with van der Waals surface area (Å²) >= 11 is 0. The van der Waals surface area contributed by atoms with E-state index in [1.54, 1.807) is 4.90 Å². The normalized spacial score (nSPS) is 18.0. The van der Waals surface area contributed by atoms with Crippen molar-refractivity contribution in [2.75, 3.05) is 19.0 Å². The van der Waals surface area contributed by atoms with E-state index in [2.05, 4.69) is 16.8 Å². The minimum atomic E-state index is 0.0426. The van der Waals surface area contributed by atoms with E-state index >= 15 is 0 Å². The first kappa shape index (κ1) is 16.2. The Morgan fingerprint density at radius 2 is 2.00 bits per heavy atom. The summed E-state index contributed by atoms with van der Waals surface area (Å²) in [6, 6.07) is 7.82. The van der Waals surface area contributed by atoms with Gasteiger partial charge in [0.1, 0.15) is 5.82 Å². The predicted octanol–water partition coefficient (Wildman–Crippen LogP) is 3.06. The summed E-state index contributed by atoms with van der Waals surface area (Å²) in [5.74, 6) is 0.761. The zero-order valence-electron chi connectivity index (χ0n) is 15.3. The molecule has 0 aromatic carbocycles. The Kier molecular flexibility index (Phi) is 3.65. The molecule has 5 heteroatoms. The molecule has 0 radical (unpaired) electrons. The van der Waals surface area contributed by atoms with Crippen LogP contribution in [0, 0.1) is 6.92 Å². The van der Waals surface area contributed by atoms with Crippen LogP contribution in [-0.4, -0.2) is 34.9 Å². The summed E-state index contributed by atoms with van der Waals surface area (Å²) in [5.41, 5.74) is 5.00. The number of carbonyl (C=O) groups is 1. The van der Waals surface area contributed by atoms with Gasteiger partial charge < -0.3 is 4.90 Å². The molecule has 2 aromatic heterocycles. The standard InChI is InChI=1S/C20H24N4O/c1-13-6-5-7-18(21-13)24-11-15-14(19(24)25)10-17(20(2)8-9-20)22-16(15)12-23(3)4/h5-7,10H,8-9,11-12H2,1-4H3. The number of hydrogen-bond donors (Lipinski definition) is 0. The van der Waals surface area contributed by atoms with Crippen LogP contribution in [0.15, 0.2) is 24.3 Å². The van der Waals surface area contributed by atoms with Gasteiger partial charge in [0, 0.05) is 34.5 Å². The van der Waals surface area contributed by atoms with Crippen LogP contribution in [0.4, 0.5) is 5.82 Å². The summed E-state index contributed by atoms with van der Waals surface area (Å²) in [7, 11) is 4.08. The fourth-order valence-electron chi connectivity index (χ4n) is 3.41. The number of carbonyl (C=O) groups excluding carboxylic acids is 1. The smallest absolute Gasteiger partial charge is 0.260 e. The van der Waals surface area contributed by atoms with Crippen LogP contribution in [0.1, 0.15) is 52.8 Å². The van der Waals surface area contributed by atoms with E-state index in [-0.39, 0.29) is 11.3 Å². The molecule has 0 N–H and O–H groups in total. The Hall–Kier alpha value is -2.27. The number of nitrogens with zero attached hydrogens (tertiary/aromatic N) is 4. The molecule has 1 saturated carbocycles. The Labute approximate surface area is 148 Å².